The summed E-state index contributed by atoms with van der Waals surface area (Å²) in [5.74, 6) is 0.509. The maximum Gasteiger partial charge on any atom is 0.373 e. The van der Waals surface area contributed by atoms with Gasteiger partial charge in [-0.2, -0.15) is 4.98 Å². The Morgan fingerprint density at radius 2 is 2.00 bits per heavy atom. The van der Waals surface area contributed by atoms with Crippen molar-refractivity contribution in [1.29, 1.82) is 0 Å². The molecule has 2 aromatic rings. The van der Waals surface area contributed by atoms with E-state index in [2.05, 4.69) is 15.3 Å². The van der Waals surface area contributed by atoms with Gasteiger partial charge in [0.2, 0.25) is 5.82 Å². The van der Waals surface area contributed by atoms with Gasteiger partial charge in [0.05, 0.1) is 23.8 Å². The number of anilines is 2. The number of ether oxygens (including phenoxy) is 2. The number of nitrogens with one attached hydrogen (secondary N) is 1. The lowest BCUT2D eigenvalue weighted by Gasteiger charge is -2.12. The highest BCUT2D eigenvalue weighted by Crippen LogP contribution is 2.35. The Labute approximate surface area is 127 Å². The molecule has 1 N–H and O–H groups in total. The minimum Gasteiger partial charge on any atom is -0.495 e. The molecule has 0 radical (unpaired) electrons. The third-order valence-electron chi connectivity index (χ3n) is 2.68. The van der Waals surface area contributed by atoms with Crippen LogP contribution < -0.4 is 14.8 Å². The molecule has 0 aliphatic carbocycles. The first-order chi connectivity index (χ1) is 10.5. The maximum atomic E-state index is 11.3. The average molecular weight is 304 g/mol. The highest BCUT2D eigenvalue weighted by Gasteiger charge is 2.25. The summed E-state index contributed by atoms with van der Waals surface area (Å²) in [5.41, 5.74) is 0.240. The molecule has 2 rings (SSSR count). The normalized spacial score (nSPS) is 10.4. The monoisotopic (exact) mass is 304 g/mol. The summed E-state index contributed by atoms with van der Waals surface area (Å²) in [4.78, 5) is 18.5. The molecule has 0 unspecified atom stereocenters. The van der Waals surface area contributed by atoms with Crippen molar-refractivity contribution in [3.8, 4) is 11.6 Å². The summed E-state index contributed by atoms with van der Waals surface area (Å²) in [7, 11) is 1.52. The molecule has 22 heavy (non-hydrogen) atoms. The first kappa shape index (κ1) is 15.5. The second-order valence-electron chi connectivity index (χ2n) is 4.63. The lowest BCUT2D eigenvalue weighted by Crippen LogP contribution is -2.11. The van der Waals surface area contributed by atoms with Gasteiger partial charge in [0, 0.05) is 0 Å². The fourth-order valence-corrected chi connectivity index (χ4v) is 1.80. The Bertz CT molecular complexity index is 676. The van der Waals surface area contributed by atoms with Crippen molar-refractivity contribution in [2.24, 2.45) is 0 Å². The van der Waals surface area contributed by atoms with E-state index in [4.69, 9.17) is 9.47 Å². The largest absolute Gasteiger partial charge is 0.495 e. The number of benzene rings is 1. The highest BCUT2D eigenvalue weighted by atomic mass is 16.6. The van der Waals surface area contributed by atoms with Crippen LogP contribution in [0.4, 0.5) is 17.2 Å². The van der Waals surface area contributed by atoms with E-state index < -0.39 is 4.92 Å². The molecule has 0 saturated carbocycles. The zero-order valence-electron chi connectivity index (χ0n) is 12.4. The Morgan fingerprint density at radius 1 is 1.27 bits per heavy atom. The molecule has 0 spiro atoms. The molecular weight excluding hydrogens is 288 g/mol. The van der Waals surface area contributed by atoms with Gasteiger partial charge in [-0.3, -0.25) is 10.1 Å². The predicted molar refractivity (Wildman–Crippen MR) is 80.7 cm³/mol. The van der Waals surface area contributed by atoms with Gasteiger partial charge in [0.1, 0.15) is 12.1 Å². The summed E-state index contributed by atoms with van der Waals surface area (Å²) < 4.78 is 10.6. The van der Waals surface area contributed by atoms with E-state index in [-0.39, 0.29) is 23.5 Å². The number of hydrogen-bond acceptors (Lipinski definition) is 7. The maximum absolute atomic E-state index is 11.3. The van der Waals surface area contributed by atoms with E-state index in [9.17, 15) is 10.1 Å². The van der Waals surface area contributed by atoms with Gasteiger partial charge in [-0.1, -0.05) is 12.1 Å². The summed E-state index contributed by atoms with van der Waals surface area (Å²) in [6.45, 7) is 3.53. The van der Waals surface area contributed by atoms with Crippen LogP contribution in [0.1, 0.15) is 13.8 Å². The zero-order valence-corrected chi connectivity index (χ0v) is 12.4. The van der Waals surface area contributed by atoms with E-state index in [0.29, 0.717) is 11.4 Å². The number of rotatable bonds is 6. The second kappa shape index (κ2) is 6.70. The highest BCUT2D eigenvalue weighted by molar-refractivity contribution is 5.71. The number of nitrogens with zero attached hydrogens (tertiary/aromatic N) is 3. The second-order valence-corrected chi connectivity index (χ2v) is 4.63. The van der Waals surface area contributed by atoms with Crippen LogP contribution in [0.3, 0.4) is 0 Å². The predicted octanol–water partition coefficient (Wildman–Crippen LogP) is 2.92. The van der Waals surface area contributed by atoms with Crippen molar-refractivity contribution in [1.82, 2.24) is 9.97 Å². The Kier molecular flexibility index (Phi) is 4.72. The molecule has 1 aromatic carbocycles. The minimum absolute atomic E-state index is 0.0418. The average Bonchev–Trinajstić information content (AvgIpc) is 2.47. The lowest BCUT2D eigenvalue weighted by atomic mass is 10.3. The lowest BCUT2D eigenvalue weighted by molar-refractivity contribution is -0.385. The van der Waals surface area contributed by atoms with E-state index in [1.165, 1.54) is 13.4 Å². The molecule has 0 aliphatic rings. The Balaban J connectivity index is 2.44. The van der Waals surface area contributed by atoms with Crippen LogP contribution in [0.15, 0.2) is 30.6 Å². The Hall–Kier alpha value is -2.90. The molecule has 0 aliphatic heterocycles. The summed E-state index contributed by atoms with van der Waals surface area (Å²) in [6, 6.07) is 7.05. The molecule has 0 amide bonds. The third kappa shape index (κ3) is 3.40. The fourth-order valence-electron chi connectivity index (χ4n) is 1.80. The van der Waals surface area contributed by atoms with Gasteiger partial charge in [-0.25, -0.2) is 4.98 Å². The number of para-hydroxylation sites is 2. The van der Waals surface area contributed by atoms with Gasteiger partial charge < -0.3 is 14.8 Å². The van der Waals surface area contributed by atoms with Crippen molar-refractivity contribution in [2.75, 3.05) is 12.4 Å². The number of hydrogen-bond donors (Lipinski definition) is 1. The van der Waals surface area contributed by atoms with E-state index >= 15 is 0 Å². The smallest absolute Gasteiger partial charge is 0.373 e. The van der Waals surface area contributed by atoms with Crippen molar-refractivity contribution in [3.05, 3.63) is 40.7 Å². The van der Waals surface area contributed by atoms with Crippen LogP contribution >= 0.6 is 0 Å². The van der Waals surface area contributed by atoms with E-state index in [1.807, 2.05) is 0 Å². The zero-order chi connectivity index (χ0) is 16.1. The number of aromatic nitrogens is 2. The number of nitro groups is 1. The van der Waals surface area contributed by atoms with Gasteiger partial charge in [0.25, 0.3) is 5.88 Å². The molecular formula is C14H16N4O4. The SMILES string of the molecule is COc1ccccc1Nc1ncnc(OC(C)C)c1[N+](=O)[O-]. The molecule has 8 nitrogen and oxygen atoms in total. The van der Waals surface area contributed by atoms with Crippen molar-refractivity contribution < 1.29 is 14.4 Å². The van der Waals surface area contributed by atoms with Crippen LogP contribution in [0.2, 0.25) is 0 Å². The first-order valence-electron chi connectivity index (χ1n) is 6.59. The Morgan fingerprint density at radius 3 is 2.64 bits per heavy atom. The van der Waals surface area contributed by atoms with Crippen molar-refractivity contribution in [2.45, 2.75) is 20.0 Å². The van der Waals surface area contributed by atoms with E-state index in [1.54, 1.807) is 38.1 Å². The van der Waals surface area contributed by atoms with Gasteiger partial charge in [-0.15, -0.1) is 0 Å². The molecule has 1 heterocycles. The quantitative estimate of drug-likeness (QED) is 0.647. The molecule has 0 atom stereocenters. The van der Waals surface area contributed by atoms with Crippen molar-refractivity contribution in [3.63, 3.8) is 0 Å². The van der Waals surface area contributed by atoms with Gasteiger partial charge in [0.15, 0.2) is 0 Å². The first-order valence-corrected chi connectivity index (χ1v) is 6.59. The summed E-state index contributed by atoms with van der Waals surface area (Å²) in [6.07, 6.45) is 0.968. The molecule has 8 heteroatoms. The van der Waals surface area contributed by atoms with Crippen LogP contribution in [-0.2, 0) is 0 Å². The van der Waals surface area contributed by atoms with E-state index in [0.717, 1.165) is 0 Å². The van der Waals surface area contributed by atoms with Crippen LogP contribution in [0, 0.1) is 10.1 Å². The van der Waals surface area contributed by atoms with Crippen molar-refractivity contribution >= 4 is 17.2 Å². The fraction of sp³-hybridized carbons (Fsp3) is 0.286. The number of methoxy groups -OCH3 is 1. The van der Waals surface area contributed by atoms with Crippen LogP contribution in [0.5, 0.6) is 11.6 Å². The molecule has 116 valence electrons. The minimum atomic E-state index is -0.574. The molecule has 0 fully saturated rings. The third-order valence-corrected chi connectivity index (χ3v) is 2.68. The van der Waals surface area contributed by atoms with Gasteiger partial charge in [-0.05, 0) is 26.0 Å². The molecule has 0 saturated heterocycles. The molecule has 0 bridgehead atoms. The summed E-state index contributed by atoms with van der Waals surface area (Å²) >= 11 is 0. The standard InChI is InChI=1S/C14H16N4O4/c1-9(2)22-14-12(18(19)20)13(15-8-16-14)17-10-6-4-5-7-11(10)21-3/h4-9H,1-3H3,(H,15,16,17). The van der Waals surface area contributed by atoms with Crippen LogP contribution in [0.25, 0.3) is 0 Å². The topological polar surface area (TPSA) is 99.4 Å². The molecule has 1 aromatic heterocycles. The summed E-state index contributed by atoms with van der Waals surface area (Å²) in [5, 5.41) is 14.2. The van der Waals surface area contributed by atoms with Crippen LogP contribution in [-0.4, -0.2) is 28.1 Å². The van der Waals surface area contributed by atoms with Gasteiger partial charge >= 0.3 is 5.69 Å².